The predicted octanol–water partition coefficient (Wildman–Crippen LogP) is 3.26. The summed E-state index contributed by atoms with van der Waals surface area (Å²) >= 11 is 0. The van der Waals surface area contributed by atoms with Gasteiger partial charge in [0.2, 0.25) is 0 Å². The first-order valence-corrected chi connectivity index (χ1v) is 7.22. The van der Waals surface area contributed by atoms with Crippen molar-refractivity contribution < 1.29 is 0 Å². The molecule has 1 aliphatic carbocycles. The molecule has 0 bridgehead atoms. The van der Waals surface area contributed by atoms with Crippen LogP contribution in [0.4, 0.5) is 0 Å². The van der Waals surface area contributed by atoms with Crippen LogP contribution in [0.15, 0.2) is 12.4 Å². The fraction of sp³-hybridized carbons (Fsp3) is 0.733. The maximum Gasteiger partial charge on any atom is 0.145 e. The molecule has 3 nitrogen and oxygen atoms in total. The minimum Gasteiger partial charge on any atom is -0.307 e. The molecule has 3 atom stereocenters. The van der Waals surface area contributed by atoms with Crippen LogP contribution in [0.5, 0.6) is 0 Å². The zero-order valence-corrected chi connectivity index (χ0v) is 11.8. The molecule has 1 aliphatic rings. The Morgan fingerprint density at radius 3 is 2.67 bits per heavy atom. The second-order valence-electron chi connectivity index (χ2n) is 5.69. The molecule has 0 aromatic carbocycles. The summed E-state index contributed by atoms with van der Waals surface area (Å²) in [5.74, 6) is 2.51. The minimum atomic E-state index is 0.332. The van der Waals surface area contributed by atoms with Gasteiger partial charge in [0.15, 0.2) is 0 Å². The van der Waals surface area contributed by atoms with Crippen molar-refractivity contribution in [2.75, 3.05) is 6.54 Å². The van der Waals surface area contributed by atoms with Gasteiger partial charge in [0.25, 0.3) is 0 Å². The van der Waals surface area contributed by atoms with Gasteiger partial charge in [0.05, 0.1) is 6.04 Å². The van der Waals surface area contributed by atoms with Crippen LogP contribution in [0.25, 0.3) is 0 Å². The van der Waals surface area contributed by atoms with Crippen LogP contribution < -0.4 is 5.32 Å². The number of rotatable bonds is 4. The summed E-state index contributed by atoms with van der Waals surface area (Å²) in [5, 5.41) is 3.58. The summed E-state index contributed by atoms with van der Waals surface area (Å²) in [4.78, 5) is 9.05. The molecule has 1 fully saturated rings. The van der Waals surface area contributed by atoms with E-state index in [4.69, 9.17) is 0 Å². The predicted molar refractivity (Wildman–Crippen MR) is 74.3 cm³/mol. The Labute approximate surface area is 110 Å². The molecular weight excluding hydrogens is 222 g/mol. The van der Waals surface area contributed by atoms with Gasteiger partial charge in [-0.25, -0.2) is 9.97 Å². The third-order valence-corrected chi connectivity index (χ3v) is 3.95. The zero-order chi connectivity index (χ0) is 13.0. The summed E-state index contributed by atoms with van der Waals surface area (Å²) in [6, 6.07) is 0.332. The number of aryl methyl sites for hydroxylation is 1. The van der Waals surface area contributed by atoms with Crippen molar-refractivity contribution in [3.05, 3.63) is 23.8 Å². The molecule has 0 amide bonds. The Bertz CT molecular complexity index is 361. The van der Waals surface area contributed by atoms with E-state index in [0.717, 1.165) is 23.9 Å². The molecule has 1 heterocycles. The summed E-state index contributed by atoms with van der Waals surface area (Å²) in [6.45, 7) is 7.54. The molecule has 0 saturated heterocycles. The number of hydrogen-bond acceptors (Lipinski definition) is 3. The molecule has 1 aromatic rings. The second-order valence-corrected chi connectivity index (χ2v) is 5.69. The lowest BCUT2D eigenvalue weighted by molar-refractivity contribution is 0.219. The van der Waals surface area contributed by atoms with E-state index >= 15 is 0 Å². The van der Waals surface area contributed by atoms with E-state index in [-0.39, 0.29) is 0 Å². The lowest BCUT2D eigenvalue weighted by atomic mass is 9.78. The van der Waals surface area contributed by atoms with Crippen LogP contribution in [-0.4, -0.2) is 16.5 Å². The fourth-order valence-electron chi connectivity index (χ4n) is 3.04. The SMILES string of the molecule is CCNC(c1ncc(C)cn1)C1CCCC(C)C1. The lowest BCUT2D eigenvalue weighted by Crippen LogP contribution is -2.32. The van der Waals surface area contributed by atoms with Gasteiger partial charge in [0, 0.05) is 12.4 Å². The average molecular weight is 247 g/mol. The minimum absolute atomic E-state index is 0.332. The molecule has 0 spiro atoms. The second kappa shape index (κ2) is 6.28. The maximum absolute atomic E-state index is 4.52. The number of nitrogens with zero attached hydrogens (tertiary/aromatic N) is 2. The Balaban J connectivity index is 2.13. The maximum atomic E-state index is 4.52. The Kier molecular flexibility index (Phi) is 4.70. The van der Waals surface area contributed by atoms with Crippen LogP contribution in [0.3, 0.4) is 0 Å². The highest BCUT2D eigenvalue weighted by molar-refractivity contribution is 5.06. The van der Waals surface area contributed by atoms with E-state index in [1.54, 1.807) is 0 Å². The van der Waals surface area contributed by atoms with E-state index in [0.29, 0.717) is 12.0 Å². The van der Waals surface area contributed by atoms with E-state index < -0.39 is 0 Å². The third-order valence-electron chi connectivity index (χ3n) is 3.95. The topological polar surface area (TPSA) is 37.8 Å². The van der Waals surface area contributed by atoms with Gasteiger partial charge in [-0.2, -0.15) is 0 Å². The Hall–Kier alpha value is -0.960. The van der Waals surface area contributed by atoms with Gasteiger partial charge in [0.1, 0.15) is 5.82 Å². The molecule has 18 heavy (non-hydrogen) atoms. The van der Waals surface area contributed by atoms with Crippen molar-refractivity contribution in [1.82, 2.24) is 15.3 Å². The van der Waals surface area contributed by atoms with Gasteiger partial charge in [-0.1, -0.05) is 26.7 Å². The summed E-state index contributed by atoms with van der Waals surface area (Å²) in [6.07, 6.45) is 9.19. The largest absolute Gasteiger partial charge is 0.307 e. The normalized spacial score (nSPS) is 25.9. The van der Waals surface area contributed by atoms with Crippen LogP contribution in [0, 0.1) is 18.8 Å². The molecule has 100 valence electrons. The van der Waals surface area contributed by atoms with Gasteiger partial charge in [-0.15, -0.1) is 0 Å². The highest BCUT2D eigenvalue weighted by Gasteiger charge is 2.28. The highest BCUT2D eigenvalue weighted by Crippen LogP contribution is 2.35. The molecular formula is C15H25N3. The first-order chi connectivity index (χ1) is 8.70. The van der Waals surface area contributed by atoms with Crippen molar-refractivity contribution in [2.24, 2.45) is 11.8 Å². The van der Waals surface area contributed by atoms with E-state index in [2.05, 4.69) is 29.1 Å². The van der Waals surface area contributed by atoms with Crippen LogP contribution in [0.1, 0.15) is 57.0 Å². The molecule has 1 N–H and O–H groups in total. The van der Waals surface area contributed by atoms with Crippen LogP contribution >= 0.6 is 0 Å². The zero-order valence-electron chi connectivity index (χ0n) is 11.8. The number of hydrogen-bond donors (Lipinski definition) is 1. The molecule has 2 rings (SSSR count). The van der Waals surface area contributed by atoms with Crippen LogP contribution in [-0.2, 0) is 0 Å². The van der Waals surface area contributed by atoms with Crippen molar-refractivity contribution in [2.45, 2.75) is 52.5 Å². The summed E-state index contributed by atoms with van der Waals surface area (Å²) < 4.78 is 0. The van der Waals surface area contributed by atoms with Crippen molar-refractivity contribution >= 4 is 0 Å². The molecule has 0 radical (unpaired) electrons. The van der Waals surface area contributed by atoms with Gasteiger partial charge >= 0.3 is 0 Å². The molecule has 1 saturated carbocycles. The average Bonchev–Trinajstić information content (AvgIpc) is 2.37. The Morgan fingerprint density at radius 1 is 1.33 bits per heavy atom. The monoisotopic (exact) mass is 247 g/mol. The van der Waals surface area contributed by atoms with Gasteiger partial charge < -0.3 is 5.32 Å². The summed E-state index contributed by atoms with van der Waals surface area (Å²) in [5.41, 5.74) is 1.13. The Morgan fingerprint density at radius 2 is 2.06 bits per heavy atom. The van der Waals surface area contributed by atoms with E-state index in [1.165, 1.54) is 25.7 Å². The lowest BCUT2D eigenvalue weighted by Gasteiger charge is -2.32. The molecule has 3 unspecified atom stereocenters. The quantitative estimate of drug-likeness (QED) is 0.887. The van der Waals surface area contributed by atoms with Crippen molar-refractivity contribution in [3.63, 3.8) is 0 Å². The number of aromatic nitrogens is 2. The smallest absolute Gasteiger partial charge is 0.145 e. The van der Waals surface area contributed by atoms with Gasteiger partial charge in [-0.05, 0) is 43.7 Å². The molecule has 0 aliphatic heterocycles. The first-order valence-electron chi connectivity index (χ1n) is 7.22. The molecule has 3 heteroatoms. The van der Waals surface area contributed by atoms with E-state index in [9.17, 15) is 0 Å². The van der Waals surface area contributed by atoms with Crippen molar-refractivity contribution in [3.8, 4) is 0 Å². The highest BCUT2D eigenvalue weighted by atomic mass is 15.0. The van der Waals surface area contributed by atoms with Crippen LogP contribution in [0.2, 0.25) is 0 Å². The summed E-state index contributed by atoms with van der Waals surface area (Å²) in [7, 11) is 0. The fourth-order valence-corrected chi connectivity index (χ4v) is 3.04. The third kappa shape index (κ3) is 3.29. The number of nitrogens with one attached hydrogen (secondary N) is 1. The first kappa shape index (κ1) is 13.5. The standard InChI is InChI=1S/C15H25N3/c1-4-16-14(13-7-5-6-11(2)8-13)15-17-9-12(3)10-18-15/h9-11,13-14,16H,4-8H2,1-3H3. The molecule has 1 aromatic heterocycles. The van der Waals surface area contributed by atoms with Gasteiger partial charge in [-0.3, -0.25) is 0 Å². The van der Waals surface area contributed by atoms with E-state index in [1.807, 2.05) is 19.3 Å². The van der Waals surface area contributed by atoms with Crippen molar-refractivity contribution in [1.29, 1.82) is 0 Å².